The molecule has 1 aliphatic heterocycles. The van der Waals surface area contributed by atoms with Crippen LogP contribution in [0.2, 0.25) is 5.02 Å². The van der Waals surface area contributed by atoms with Gasteiger partial charge in [0, 0.05) is 17.2 Å². The Labute approximate surface area is 174 Å². The second-order valence-corrected chi connectivity index (χ2v) is 8.04. The molecule has 1 N–H and O–H groups in total. The first-order valence-corrected chi connectivity index (χ1v) is 9.85. The minimum atomic E-state index is -1.37. The molecule has 5 unspecified atom stereocenters. The van der Waals surface area contributed by atoms with Gasteiger partial charge in [-0.1, -0.05) is 54.9 Å². The molecule has 0 spiro atoms. The topological polar surface area (TPSA) is 73.4 Å². The monoisotopic (exact) mass is 412 g/mol. The van der Waals surface area contributed by atoms with Crippen LogP contribution in [0.1, 0.15) is 43.2 Å². The minimum absolute atomic E-state index is 0.0934. The summed E-state index contributed by atoms with van der Waals surface area (Å²) in [7, 11) is 0. The van der Waals surface area contributed by atoms with Gasteiger partial charge in [0.25, 0.3) is 0 Å². The Hall–Kier alpha value is -2.71. The van der Waals surface area contributed by atoms with E-state index in [1.165, 1.54) is 18.3 Å². The van der Waals surface area contributed by atoms with Gasteiger partial charge in [0.15, 0.2) is 0 Å². The van der Waals surface area contributed by atoms with Crippen molar-refractivity contribution in [1.29, 1.82) is 5.26 Å². The van der Waals surface area contributed by atoms with Crippen LogP contribution in [0.4, 0.5) is 4.39 Å². The predicted molar refractivity (Wildman–Crippen MR) is 111 cm³/mol. The number of aliphatic imine (C=N–C) groups is 1. The third kappa shape index (κ3) is 3.77. The molecular formula is C23H22ClFN2O2. The van der Waals surface area contributed by atoms with Crippen LogP contribution in [0, 0.1) is 28.5 Å². The van der Waals surface area contributed by atoms with Gasteiger partial charge in [0.2, 0.25) is 0 Å². The zero-order valence-electron chi connectivity index (χ0n) is 16.2. The molecule has 1 aliphatic rings. The SMILES string of the molecule is CC(CC1(C(=O)O)C(C)N=CC(C#N)C1c1ccc(F)cc1Cl)c1ccccc1. The quantitative estimate of drug-likeness (QED) is 0.710. The number of benzene rings is 2. The van der Waals surface area contributed by atoms with Gasteiger partial charge in [-0.2, -0.15) is 5.26 Å². The molecule has 0 saturated heterocycles. The van der Waals surface area contributed by atoms with Crippen molar-refractivity contribution in [2.24, 2.45) is 16.3 Å². The number of hydrogen-bond donors (Lipinski definition) is 1. The van der Waals surface area contributed by atoms with Crippen molar-refractivity contribution in [2.45, 2.75) is 38.1 Å². The molecular weight excluding hydrogens is 391 g/mol. The van der Waals surface area contributed by atoms with Crippen molar-refractivity contribution < 1.29 is 14.3 Å². The van der Waals surface area contributed by atoms with E-state index in [-0.39, 0.29) is 17.4 Å². The molecule has 2 aromatic rings. The highest BCUT2D eigenvalue weighted by molar-refractivity contribution is 6.31. The van der Waals surface area contributed by atoms with E-state index in [2.05, 4.69) is 11.1 Å². The fourth-order valence-corrected chi connectivity index (χ4v) is 4.74. The van der Waals surface area contributed by atoms with Crippen molar-refractivity contribution in [3.63, 3.8) is 0 Å². The Morgan fingerprint density at radius 3 is 2.62 bits per heavy atom. The standard InChI is InChI=1S/C23H22ClFN2O2/c1-14(16-6-4-3-5-7-16)11-23(22(28)29)15(2)27-13-17(12-26)21(23)19-9-8-18(25)10-20(19)24/h3-10,13-15,17,21H,11H2,1-2H3,(H,28,29). The number of rotatable bonds is 5. The van der Waals surface area contributed by atoms with E-state index < -0.39 is 35.1 Å². The Kier molecular flexibility index (Phi) is 6.04. The van der Waals surface area contributed by atoms with Crippen LogP contribution >= 0.6 is 11.6 Å². The fraction of sp³-hybridized carbons (Fsp3) is 0.348. The number of hydrogen-bond acceptors (Lipinski definition) is 3. The van der Waals surface area contributed by atoms with E-state index in [4.69, 9.17) is 11.6 Å². The summed E-state index contributed by atoms with van der Waals surface area (Å²) in [6, 6.07) is 15.1. The van der Waals surface area contributed by atoms with Crippen LogP contribution in [0.3, 0.4) is 0 Å². The molecule has 0 aliphatic carbocycles. The molecule has 150 valence electrons. The van der Waals surface area contributed by atoms with Gasteiger partial charge >= 0.3 is 5.97 Å². The maximum absolute atomic E-state index is 13.7. The zero-order chi connectivity index (χ0) is 21.2. The molecule has 0 saturated carbocycles. The van der Waals surface area contributed by atoms with Crippen molar-refractivity contribution in [1.82, 2.24) is 0 Å². The molecule has 4 nitrogen and oxygen atoms in total. The molecule has 5 atom stereocenters. The highest BCUT2D eigenvalue weighted by Crippen LogP contribution is 2.53. The lowest BCUT2D eigenvalue weighted by atomic mass is 9.58. The predicted octanol–water partition coefficient (Wildman–Crippen LogP) is 5.44. The lowest BCUT2D eigenvalue weighted by molar-refractivity contribution is -0.153. The summed E-state index contributed by atoms with van der Waals surface area (Å²) in [6.45, 7) is 3.72. The lowest BCUT2D eigenvalue weighted by Crippen LogP contribution is -2.51. The average molecular weight is 413 g/mol. The molecule has 2 aromatic carbocycles. The summed E-state index contributed by atoms with van der Waals surface area (Å²) in [5.74, 6) is -3.17. The van der Waals surface area contributed by atoms with Gasteiger partial charge in [-0.3, -0.25) is 9.79 Å². The molecule has 29 heavy (non-hydrogen) atoms. The second kappa shape index (κ2) is 8.34. The van der Waals surface area contributed by atoms with Gasteiger partial charge in [0.05, 0.1) is 23.4 Å². The van der Waals surface area contributed by atoms with E-state index in [1.54, 1.807) is 6.92 Å². The minimum Gasteiger partial charge on any atom is -0.481 e. The molecule has 1 heterocycles. The number of nitrogens with zero attached hydrogens (tertiary/aromatic N) is 2. The zero-order valence-corrected chi connectivity index (χ0v) is 17.0. The van der Waals surface area contributed by atoms with Gasteiger partial charge in [-0.25, -0.2) is 4.39 Å². The fourth-order valence-electron chi connectivity index (χ4n) is 4.46. The molecule has 0 radical (unpaired) electrons. The van der Waals surface area contributed by atoms with Crippen molar-refractivity contribution in [2.75, 3.05) is 0 Å². The molecule has 0 aromatic heterocycles. The molecule has 0 fully saturated rings. The normalized spacial score (nSPS) is 27.2. The smallest absolute Gasteiger partial charge is 0.312 e. The Morgan fingerprint density at radius 1 is 1.34 bits per heavy atom. The van der Waals surface area contributed by atoms with E-state index in [9.17, 15) is 19.6 Å². The van der Waals surface area contributed by atoms with Crippen LogP contribution in [0.15, 0.2) is 53.5 Å². The third-order valence-corrected chi connectivity index (χ3v) is 6.31. The van der Waals surface area contributed by atoms with Crippen molar-refractivity contribution >= 4 is 23.8 Å². The highest BCUT2D eigenvalue weighted by Gasteiger charge is 2.56. The number of carbonyl (C=O) groups is 1. The summed E-state index contributed by atoms with van der Waals surface area (Å²) in [5.41, 5.74) is 0.0962. The average Bonchev–Trinajstić information content (AvgIpc) is 2.70. The van der Waals surface area contributed by atoms with E-state index >= 15 is 0 Å². The summed E-state index contributed by atoms with van der Waals surface area (Å²) >= 11 is 6.33. The summed E-state index contributed by atoms with van der Waals surface area (Å²) in [4.78, 5) is 17.2. The Morgan fingerprint density at radius 2 is 2.03 bits per heavy atom. The Bertz CT molecular complexity index is 973. The summed E-state index contributed by atoms with van der Waals surface area (Å²) < 4.78 is 13.7. The molecule has 0 bridgehead atoms. The van der Waals surface area contributed by atoms with Crippen LogP contribution in [0.25, 0.3) is 0 Å². The van der Waals surface area contributed by atoms with Crippen LogP contribution < -0.4 is 0 Å². The second-order valence-electron chi connectivity index (χ2n) is 7.63. The number of aliphatic carboxylic acids is 1. The largest absolute Gasteiger partial charge is 0.481 e. The highest BCUT2D eigenvalue weighted by atomic mass is 35.5. The van der Waals surface area contributed by atoms with Gasteiger partial charge < -0.3 is 5.11 Å². The summed E-state index contributed by atoms with van der Waals surface area (Å²) in [6.07, 6.45) is 1.77. The van der Waals surface area contributed by atoms with E-state index in [1.807, 2.05) is 37.3 Å². The first-order valence-electron chi connectivity index (χ1n) is 9.47. The number of carboxylic acids is 1. The van der Waals surface area contributed by atoms with E-state index in [0.717, 1.165) is 11.6 Å². The molecule has 3 rings (SSSR count). The lowest BCUT2D eigenvalue weighted by Gasteiger charge is -2.45. The van der Waals surface area contributed by atoms with Crippen LogP contribution in [-0.4, -0.2) is 23.3 Å². The van der Waals surface area contributed by atoms with Gasteiger partial charge in [-0.05, 0) is 42.5 Å². The van der Waals surface area contributed by atoms with Crippen LogP contribution in [-0.2, 0) is 4.79 Å². The maximum atomic E-state index is 13.7. The number of nitriles is 1. The van der Waals surface area contributed by atoms with Gasteiger partial charge in [0.1, 0.15) is 5.82 Å². The third-order valence-electron chi connectivity index (χ3n) is 5.99. The Balaban J connectivity index is 2.18. The number of halogens is 2. The first-order chi connectivity index (χ1) is 13.8. The first kappa shape index (κ1) is 21.0. The van der Waals surface area contributed by atoms with E-state index in [0.29, 0.717) is 5.56 Å². The van der Waals surface area contributed by atoms with Crippen molar-refractivity contribution in [3.8, 4) is 6.07 Å². The number of carboxylic acid groups (broad SMARTS) is 1. The molecule has 6 heteroatoms. The van der Waals surface area contributed by atoms with Crippen LogP contribution in [0.5, 0.6) is 0 Å². The molecule has 0 amide bonds. The van der Waals surface area contributed by atoms with Gasteiger partial charge in [-0.15, -0.1) is 0 Å². The van der Waals surface area contributed by atoms with Crippen molar-refractivity contribution in [3.05, 3.63) is 70.5 Å². The maximum Gasteiger partial charge on any atom is 0.312 e. The summed E-state index contributed by atoms with van der Waals surface area (Å²) in [5, 5.41) is 20.3.